The Labute approximate surface area is 206 Å². The Morgan fingerprint density at radius 1 is 1.09 bits per heavy atom. The van der Waals surface area contributed by atoms with Crippen LogP contribution in [0.5, 0.6) is 0 Å². The molecule has 8 heteroatoms. The lowest BCUT2D eigenvalue weighted by atomic mass is 9.96. The van der Waals surface area contributed by atoms with Crippen LogP contribution in [0.3, 0.4) is 0 Å². The minimum absolute atomic E-state index is 0.00928. The first-order chi connectivity index (χ1) is 16.6. The zero-order valence-electron chi connectivity index (χ0n) is 19.9. The van der Waals surface area contributed by atoms with Crippen molar-refractivity contribution >= 4 is 27.3 Å². The average molecular weight is 489 g/mol. The molecule has 0 fully saturated rings. The molecule has 1 amide bonds. The van der Waals surface area contributed by atoms with Crippen molar-refractivity contribution in [1.82, 2.24) is 4.72 Å². The summed E-state index contributed by atoms with van der Waals surface area (Å²) in [5, 5.41) is 15.4. The molecule has 0 saturated carbocycles. The van der Waals surface area contributed by atoms with E-state index in [-0.39, 0.29) is 23.1 Å². The van der Waals surface area contributed by atoms with Crippen LogP contribution in [-0.2, 0) is 14.8 Å². The molecule has 35 heavy (non-hydrogen) atoms. The highest BCUT2D eigenvalue weighted by atomic mass is 32.2. The van der Waals surface area contributed by atoms with E-state index in [1.807, 2.05) is 12.1 Å². The normalized spacial score (nSPS) is 15.1. The largest absolute Gasteiger partial charge is 0.384 e. The molecule has 1 aliphatic heterocycles. The number of anilines is 2. The van der Waals surface area contributed by atoms with Gasteiger partial charge in [-0.15, -0.1) is 0 Å². The van der Waals surface area contributed by atoms with Gasteiger partial charge in [-0.3, -0.25) is 4.79 Å². The zero-order chi connectivity index (χ0) is 25.2. The first-order valence-corrected chi connectivity index (χ1v) is 12.9. The monoisotopic (exact) mass is 488 g/mol. The summed E-state index contributed by atoms with van der Waals surface area (Å²) in [4.78, 5) is 12.9. The smallest absolute Gasteiger partial charge is 0.241 e. The van der Waals surface area contributed by atoms with Crippen molar-refractivity contribution in [2.45, 2.75) is 43.5 Å². The predicted octanol–water partition coefficient (Wildman–Crippen LogP) is 4.84. The van der Waals surface area contributed by atoms with Gasteiger partial charge in [-0.25, -0.2) is 13.1 Å². The van der Waals surface area contributed by atoms with Crippen LogP contribution in [0.2, 0.25) is 0 Å². The summed E-state index contributed by atoms with van der Waals surface area (Å²) in [6, 6.07) is 21.6. The summed E-state index contributed by atoms with van der Waals surface area (Å²) >= 11 is 0. The molecule has 1 heterocycles. The van der Waals surface area contributed by atoms with Crippen molar-refractivity contribution in [3.8, 4) is 17.2 Å². The third kappa shape index (κ3) is 5.70. The fourth-order valence-electron chi connectivity index (χ4n) is 4.22. The summed E-state index contributed by atoms with van der Waals surface area (Å²) in [5.41, 5.74) is 3.86. The van der Waals surface area contributed by atoms with Gasteiger partial charge in [0.15, 0.2) is 0 Å². The molecule has 7 nitrogen and oxygen atoms in total. The molecule has 0 unspecified atom stereocenters. The van der Waals surface area contributed by atoms with Crippen LogP contribution >= 0.6 is 0 Å². The highest BCUT2D eigenvalue weighted by molar-refractivity contribution is 7.89. The van der Waals surface area contributed by atoms with Crippen molar-refractivity contribution in [2.75, 3.05) is 17.2 Å². The second kappa shape index (κ2) is 9.53. The maximum absolute atomic E-state index is 13.0. The summed E-state index contributed by atoms with van der Waals surface area (Å²) in [6.07, 6.45) is 0.288. The molecule has 180 valence electrons. The number of nitrogens with one attached hydrogen (secondary N) is 3. The molecule has 0 aromatic heterocycles. The Morgan fingerprint density at radius 3 is 2.49 bits per heavy atom. The molecular weight excluding hydrogens is 460 g/mol. The number of nitriles is 1. The van der Waals surface area contributed by atoms with Crippen molar-refractivity contribution < 1.29 is 13.2 Å². The molecule has 3 aromatic carbocycles. The molecule has 0 spiro atoms. The van der Waals surface area contributed by atoms with Gasteiger partial charge in [0.2, 0.25) is 15.9 Å². The van der Waals surface area contributed by atoms with E-state index in [1.165, 1.54) is 0 Å². The van der Waals surface area contributed by atoms with Gasteiger partial charge in [0.05, 0.1) is 16.5 Å². The summed E-state index contributed by atoms with van der Waals surface area (Å²) < 4.78 is 28.6. The number of nitrogens with zero attached hydrogens (tertiary/aromatic N) is 1. The van der Waals surface area contributed by atoms with Crippen LogP contribution in [0.1, 0.15) is 44.2 Å². The number of rotatable bonds is 6. The van der Waals surface area contributed by atoms with Crippen LogP contribution < -0.4 is 15.4 Å². The summed E-state index contributed by atoms with van der Waals surface area (Å²) in [7, 11) is -3.71. The molecular formula is C27H28N4O3S. The number of fused-ring (bicyclic) bond motifs is 1. The van der Waals surface area contributed by atoms with Gasteiger partial charge < -0.3 is 10.6 Å². The van der Waals surface area contributed by atoms with E-state index < -0.39 is 15.6 Å². The van der Waals surface area contributed by atoms with E-state index in [0.717, 1.165) is 16.8 Å². The van der Waals surface area contributed by atoms with E-state index in [4.69, 9.17) is 5.26 Å². The van der Waals surface area contributed by atoms with E-state index in [0.29, 0.717) is 23.4 Å². The van der Waals surface area contributed by atoms with E-state index >= 15 is 0 Å². The van der Waals surface area contributed by atoms with Gasteiger partial charge in [0.25, 0.3) is 0 Å². The lowest BCUT2D eigenvalue weighted by Crippen LogP contribution is -2.40. The van der Waals surface area contributed by atoms with Gasteiger partial charge in [-0.2, -0.15) is 5.26 Å². The minimum atomic E-state index is -3.71. The zero-order valence-corrected chi connectivity index (χ0v) is 20.7. The maximum Gasteiger partial charge on any atom is 0.241 e. The second-order valence-corrected chi connectivity index (χ2v) is 11.3. The predicted molar refractivity (Wildman–Crippen MR) is 138 cm³/mol. The number of amides is 1. The molecule has 3 N–H and O–H groups in total. The molecule has 0 saturated heterocycles. The molecule has 0 aliphatic carbocycles. The molecule has 0 bridgehead atoms. The van der Waals surface area contributed by atoms with Gasteiger partial charge in [0, 0.05) is 41.4 Å². The van der Waals surface area contributed by atoms with Gasteiger partial charge in [-0.05, 0) is 68.3 Å². The third-order valence-corrected chi connectivity index (χ3v) is 7.50. The number of carbonyl (C=O) groups is 1. The number of hydrogen-bond donors (Lipinski definition) is 3. The molecule has 0 radical (unpaired) electrons. The number of hydrogen-bond acceptors (Lipinski definition) is 5. The van der Waals surface area contributed by atoms with Crippen molar-refractivity contribution in [1.29, 1.82) is 5.26 Å². The van der Waals surface area contributed by atoms with Crippen LogP contribution in [0.15, 0.2) is 71.6 Å². The quantitative estimate of drug-likeness (QED) is 0.460. The lowest BCUT2D eigenvalue weighted by molar-refractivity contribution is -0.116. The Balaban J connectivity index is 1.48. The number of benzene rings is 3. The third-order valence-electron chi connectivity index (χ3n) is 5.69. The average Bonchev–Trinajstić information content (AvgIpc) is 3.19. The van der Waals surface area contributed by atoms with Crippen LogP contribution in [0.25, 0.3) is 11.1 Å². The lowest BCUT2D eigenvalue weighted by Gasteiger charge is -2.21. The molecule has 1 atom stereocenters. The highest BCUT2D eigenvalue weighted by Crippen LogP contribution is 2.34. The van der Waals surface area contributed by atoms with Crippen molar-refractivity contribution in [2.24, 2.45) is 0 Å². The highest BCUT2D eigenvalue weighted by Gasteiger charge is 2.26. The SMILES string of the molecule is CC(C)(C)NS(=O)(=O)c1ccccc1-c1ccc(NC(=O)C[C@H]2CNc3ccc(C#N)cc32)cc1. The number of carbonyl (C=O) groups excluding carboxylic acids is 1. The minimum Gasteiger partial charge on any atom is -0.384 e. The van der Waals surface area contributed by atoms with Gasteiger partial charge in [0.1, 0.15) is 0 Å². The maximum atomic E-state index is 13.0. The Kier molecular flexibility index (Phi) is 6.66. The summed E-state index contributed by atoms with van der Waals surface area (Å²) in [6.45, 7) is 6.04. The first-order valence-electron chi connectivity index (χ1n) is 11.4. The Morgan fingerprint density at radius 2 is 1.80 bits per heavy atom. The second-order valence-electron chi connectivity index (χ2n) is 9.67. The first kappa shape index (κ1) is 24.5. The molecule has 3 aromatic rings. The standard InChI is InChI=1S/C27H28N4O3S/c1-27(2,3)31-35(33,34)25-7-5-4-6-22(25)19-9-11-21(12-10-19)30-26(32)15-20-17-29-24-13-8-18(16-28)14-23(20)24/h4-14,20,29,31H,15,17H2,1-3H3,(H,30,32)/t20-/m0/s1. The van der Waals surface area contributed by atoms with Crippen LogP contribution in [-0.4, -0.2) is 26.4 Å². The van der Waals surface area contributed by atoms with Gasteiger partial charge in [-0.1, -0.05) is 30.3 Å². The fraction of sp³-hybridized carbons (Fsp3) is 0.259. The van der Waals surface area contributed by atoms with Crippen LogP contribution in [0, 0.1) is 11.3 Å². The van der Waals surface area contributed by atoms with E-state index in [1.54, 1.807) is 75.4 Å². The van der Waals surface area contributed by atoms with Gasteiger partial charge >= 0.3 is 0 Å². The molecule has 4 rings (SSSR count). The van der Waals surface area contributed by atoms with Crippen molar-refractivity contribution in [3.05, 3.63) is 77.9 Å². The Bertz CT molecular complexity index is 1400. The molecule has 1 aliphatic rings. The summed E-state index contributed by atoms with van der Waals surface area (Å²) in [5.74, 6) is -0.137. The van der Waals surface area contributed by atoms with Crippen molar-refractivity contribution in [3.63, 3.8) is 0 Å². The fourth-order valence-corrected chi connectivity index (χ4v) is 5.87. The Hall–Kier alpha value is -3.67. The van der Waals surface area contributed by atoms with Crippen LogP contribution in [0.4, 0.5) is 11.4 Å². The van der Waals surface area contributed by atoms with E-state index in [2.05, 4.69) is 21.4 Å². The number of sulfonamides is 1. The van der Waals surface area contributed by atoms with E-state index in [9.17, 15) is 13.2 Å². The topological polar surface area (TPSA) is 111 Å².